The van der Waals surface area contributed by atoms with E-state index in [4.69, 9.17) is 5.26 Å². The van der Waals surface area contributed by atoms with E-state index in [1.165, 1.54) is 0 Å². The molecule has 9 heavy (non-hydrogen) atoms. The van der Waals surface area contributed by atoms with Crippen LogP contribution < -0.4 is 0 Å². The number of hydrogen-bond acceptors (Lipinski definition) is 7. The molecule has 0 spiro atoms. The first kappa shape index (κ1) is 8.72. The maximum atomic E-state index is 7.40. The summed E-state index contributed by atoms with van der Waals surface area (Å²) < 4.78 is 0. The van der Waals surface area contributed by atoms with Crippen molar-refractivity contribution in [3.63, 3.8) is 0 Å². The molecule has 0 fully saturated rings. The fourth-order valence-corrected chi connectivity index (χ4v) is 0.103. The van der Waals surface area contributed by atoms with Gasteiger partial charge in [0.2, 0.25) is 0 Å². The van der Waals surface area contributed by atoms with E-state index < -0.39 is 0 Å². The Bertz CT molecular complexity index is 40.2. The maximum absolute atomic E-state index is 7.40. The normalized spacial score (nSPS) is 10.0. The highest BCUT2D eigenvalue weighted by atomic mass is 17.9. The molecule has 0 aromatic rings. The largest absolute Gasteiger partial charge is 0.219 e. The zero-order valence-electron chi connectivity index (χ0n) is 4.60. The van der Waals surface area contributed by atoms with Crippen LogP contribution in [0.3, 0.4) is 0 Å². The standard InChI is InChI=1S/C2H6O7/c1-2-4-6-8-9-7-5-3/h3H,2H2,1H3. The molecule has 0 aliphatic heterocycles. The molecule has 0 rings (SSSR count). The lowest BCUT2D eigenvalue weighted by Gasteiger charge is -1.94. The second-order valence-electron chi connectivity index (χ2n) is 0.753. The molecule has 0 aliphatic carbocycles. The van der Waals surface area contributed by atoms with Gasteiger partial charge in [-0.2, -0.15) is 0 Å². The first-order valence-electron chi connectivity index (χ1n) is 2.01. The van der Waals surface area contributed by atoms with E-state index in [-0.39, 0.29) is 6.61 Å². The van der Waals surface area contributed by atoms with Crippen LogP contribution in [0.2, 0.25) is 0 Å². The Morgan fingerprint density at radius 3 is 2.33 bits per heavy atom. The highest BCUT2D eigenvalue weighted by molar-refractivity contribution is 3.89. The third-order valence-electron chi connectivity index (χ3n) is 0.280. The molecule has 0 atom stereocenters. The van der Waals surface area contributed by atoms with Gasteiger partial charge in [-0.05, 0) is 32.1 Å². The van der Waals surface area contributed by atoms with Gasteiger partial charge in [-0.1, -0.05) is 0 Å². The molecule has 0 aromatic carbocycles. The minimum absolute atomic E-state index is 0.281. The predicted octanol–water partition coefficient (Wildman–Crippen LogP) is 0.154. The second kappa shape index (κ2) is 7.72. The minimum atomic E-state index is 0.281. The minimum Gasteiger partial charge on any atom is -0.219 e. The summed E-state index contributed by atoms with van der Waals surface area (Å²) >= 11 is 0. The molecule has 0 saturated heterocycles. The van der Waals surface area contributed by atoms with Gasteiger partial charge in [-0.15, -0.1) is 0 Å². The van der Waals surface area contributed by atoms with Crippen molar-refractivity contribution in [3.8, 4) is 0 Å². The van der Waals surface area contributed by atoms with Gasteiger partial charge >= 0.3 is 0 Å². The molecule has 56 valence electrons. The fraction of sp³-hybridized carbons (Fsp3) is 1.00. The van der Waals surface area contributed by atoms with E-state index in [0.29, 0.717) is 0 Å². The Hall–Kier alpha value is -0.280. The van der Waals surface area contributed by atoms with E-state index in [1.807, 2.05) is 0 Å². The molecule has 0 aromatic heterocycles. The van der Waals surface area contributed by atoms with E-state index in [0.717, 1.165) is 0 Å². The third kappa shape index (κ3) is 7.72. The van der Waals surface area contributed by atoms with Crippen molar-refractivity contribution < 1.29 is 35.3 Å². The topological polar surface area (TPSA) is 75.6 Å². The average molecular weight is 142 g/mol. The highest BCUT2D eigenvalue weighted by Gasteiger charge is 1.87. The average Bonchev–Trinajstić information content (AvgIpc) is 1.89. The van der Waals surface area contributed by atoms with Gasteiger partial charge in [0.25, 0.3) is 0 Å². The van der Waals surface area contributed by atoms with Gasteiger partial charge in [0.1, 0.15) is 0 Å². The maximum Gasteiger partial charge on any atom is 0.0826 e. The number of rotatable bonds is 6. The molecule has 0 amide bonds. The van der Waals surface area contributed by atoms with Gasteiger partial charge in [-0.25, -0.2) is 10.1 Å². The molecule has 7 nitrogen and oxygen atoms in total. The van der Waals surface area contributed by atoms with Crippen LogP contribution in [0.15, 0.2) is 0 Å². The monoisotopic (exact) mass is 142 g/mol. The molecule has 0 unspecified atom stereocenters. The van der Waals surface area contributed by atoms with Crippen molar-refractivity contribution in [2.45, 2.75) is 6.92 Å². The van der Waals surface area contributed by atoms with Gasteiger partial charge < -0.3 is 0 Å². The zero-order chi connectivity index (χ0) is 6.95. The van der Waals surface area contributed by atoms with Gasteiger partial charge in [0.05, 0.1) is 6.61 Å². The fourth-order valence-electron chi connectivity index (χ4n) is 0.103. The first-order chi connectivity index (χ1) is 4.41. The molecular weight excluding hydrogens is 136 g/mol. The summed E-state index contributed by atoms with van der Waals surface area (Å²) in [6.45, 7) is 1.94. The van der Waals surface area contributed by atoms with E-state index in [2.05, 4.69) is 30.1 Å². The molecule has 7 heteroatoms. The Labute approximate surface area is 50.2 Å². The van der Waals surface area contributed by atoms with Crippen LogP contribution in [-0.4, -0.2) is 11.9 Å². The van der Waals surface area contributed by atoms with Crippen LogP contribution in [0.5, 0.6) is 0 Å². The lowest BCUT2D eigenvalue weighted by Crippen LogP contribution is -1.98. The van der Waals surface area contributed by atoms with Crippen molar-refractivity contribution >= 4 is 0 Å². The van der Waals surface area contributed by atoms with Crippen molar-refractivity contribution in [1.82, 2.24) is 0 Å². The van der Waals surface area contributed by atoms with Gasteiger partial charge in [-0.3, -0.25) is 0 Å². The Balaban J connectivity index is 2.60. The summed E-state index contributed by atoms with van der Waals surface area (Å²) in [5, 5.41) is 24.4. The molecule has 0 saturated carbocycles. The van der Waals surface area contributed by atoms with Crippen LogP contribution in [0.25, 0.3) is 0 Å². The molecule has 1 N–H and O–H groups in total. The van der Waals surface area contributed by atoms with Crippen LogP contribution in [-0.2, 0) is 30.1 Å². The van der Waals surface area contributed by atoms with Crippen molar-refractivity contribution in [3.05, 3.63) is 0 Å². The zero-order valence-corrected chi connectivity index (χ0v) is 4.60. The lowest BCUT2D eigenvalue weighted by atomic mass is 10.9. The van der Waals surface area contributed by atoms with E-state index in [1.54, 1.807) is 6.92 Å². The molecule has 0 heterocycles. The predicted molar refractivity (Wildman–Crippen MR) is 19.7 cm³/mol. The van der Waals surface area contributed by atoms with E-state index >= 15 is 0 Å². The van der Waals surface area contributed by atoms with E-state index in [9.17, 15) is 0 Å². The molecule has 0 radical (unpaired) electrons. The third-order valence-corrected chi connectivity index (χ3v) is 0.280. The smallest absolute Gasteiger partial charge is 0.0826 e. The molecule has 0 bridgehead atoms. The van der Waals surface area contributed by atoms with Crippen LogP contribution in [0.4, 0.5) is 0 Å². The summed E-state index contributed by atoms with van der Waals surface area (Å²) in [6, 6.07) is 0. The molecular formula is C2H6O7. The Morgan fingerprint density at radius 1 is 1.11 bits per heavy atom. The Kier molecular flexibility index (Phi) is 7.48. The van der Waals surface area contributed by atoms with Crippen LogP contribution >= 0.6 is 0 Å². The van der Waals surface area contributed by atoms with Crippen molar-refractivity contribution in [2.24, 2.45) is 0 Å². The second-order valence-corrected chi connectivity index (χ2v) is 0.753. The summed E-state index contributed by atoms with van der Waals surface area (Å²) in [5.41, 5.74) is 0. The summed E-state index contributed by atoms with van der Waals surface area (Å²) in [4.78, 5) is 4.12. The van der Waals surface area contributed by atoms with Crippen molar-refractivity contribution in [2.75, 3.05) is 6.61 Å². The SMILES string of the molecule is CCOOOOOOO. The first-order valence-corrected chi connectivity index (χ1v) is 2.01. The van der Waals surface area contributed by atoms with Gasteiger partial charge in [0, 0.05) is 0 Å². The summed E-state index contributed by atoms with van der Waals surface area (Å²) in [7, 11) is 0. The molecule has 0 aliphatic rings. The number of hydrogen-bond donors (Lipinski definition) is 1. The lowest BCUT2D eigenvalue weighted by molar-refractivity contribution is -0.787. The van der Waals surface area contributed by atoms with Crippen LogP contribution in [0.1, 0.15) is 6.92 Å². The Morgan fingerprint density at radius 2 is 1.78 bits per heavy atom. The summed E-state index contributed by atoms with van der Waals surface area (Å²) in [5.74, 6) is 0. The van der Waals surface area contributed by atoms with Crippen molar-refractivity contribution in [1.29, 1.82) is 0 Å². The summed E-state index contributed by atoms with van der Waals surface area (Å²) in [6.07, 6.45) is 0. The quantitative estimate of drug-likeness (QED) is 0.321. The van der Waals surface area contributed by atoms with Gasteiger partial charge in [0.15, 0.2) is 0 Å². The highest BCUT2D eigenvalue weighted by Crippen LogP contribution is 1.83. The van der Waals surface area contributed by atoms with Crippen LogP contribution in [0, 0.1) is 0 Å².